The average molecular weight is 310 g/mol. The predicted molar refractivity (Wildman–Crippen MR) is 87.5 cm³/mol. The Labute approximate surface area is 132 Å². The molecule has 0 unspecified atom stereocenters. The van der Waals surface area contributed by atoms with E-state index < -0.39 is 5.97 Å². The predicted octanol–water partition coefficient (Wildman–Crippen LogP) is 4.05. The number of anilines is 2. The third-order valence-electron chi connectivity index (χ3n) is 3.64. The lowest BCUT2D eigenvalue weighted by molar-refractivity contribution is -0.136. The van der Waals surface area contributed by atoms with E-state index in [2.05, 4.69) is 10.3 Å². The molecule has 0 aliphatic heterocycles. The Morgan fingerprint density at radius 3 is 2.57 bits per heavy atom. The Morgan fingerprint density at radius 2 is 1.87 bits per heavy atom. The fourth-order valence-electron chi connectivity index (χ4n) is 2.56. The van der Waals surface area contributed by atoms with Crippen LogP contribution >= 0.6 is 0 Å². The number of carboxylic acid groups (broad SMARTS) is 1. The van der Waals surface area contributed by atoms with Gasteiger partial charge < -0.3 is 10.4 Å². The van der Waals surface area contributed by atoms with Crippen LogP contribution in [0.4, 0.5) is 15.8 Å². The van der Waals surface area contributed by atoms with E-state index in [1.165, 1.54) is 12.1 Å². The second kappa shape index (κ2) is 6.04. The molecule has 0 saturated heterocycles. The summed E-state index contributed by atoms with van der Waals surface area (Å²) in [5, 5.41) is 13.2. The molecule has 0 aliphatic rings. The number of hydrogen-bond donors (Lipinski definition) is 2. The molecule has 3 rings (SSSR count). The van der Waals surface area contributed by atoms with Gasteiger partial charge in [-0.2, -0.15) is 0 Å². The van der Waals surface area contributed by atoms with Crippen molar-refractivity contribution in [2.24, 2.45) is 0 Å². The van der Waals surface area contributed by atoms with Gasteiger partial charge in [0.05, 0.1) is 17.6 Å². The van der Waals surface area contributed by atoms with Crippen molar-refractivity contribution in [3.63, 3.8) is 0 Å². The number of rotatable bonds is 4. The Bertz CT molecular complexity index is 876. The van der Waals surface area contributed by atoms with Crippen LogP contribution in [0.5, 0.6) is 0 Å². The lowest BCUT2D eigenvalue weighted by atomic mass is 10.0. The Balaban J connectivity index is 2.17. The van der Waals surface area contributed by atoms with Gasteiger partial charge in [-0.3, -0.25) is 9.78 Å². The summed E-state index contributed by atoms with van der Waals surface area (Å²) in [6.45, 7) is 1.79. The first-order valence-corrected chi connectivity index (χ1v) is 7.17. The third kappa shape index (κ3) is 3.13. The smallest absolute Gasteiger partial charge is 0.307 e. The molecule has 0 fully saturated rings. The van der Waals surface area contributed by atoms with E-state index in [4.69, 9.17) is 0 Å². The fourth-order valence-corrected chi connectivity index (χ4v) is 2.56. The number of nitrogens with zero attached hydrogens (tertiary/aromatic N) is 1. The number of aliphatic carboxylic acids is 1. The molecule has 5 heteroatoms. The summed E-state index contributed by atoms with van der Waals surface area (Å²) in [7, 11) is 0. The highest BCUT2D eigenvalue weighted by atomic mass is 19.1. The number of pyridine rings is 1. The van der Waals surface area contributed by atoms with Crippen molar-refractivity contribution in [2.75, 3.05) is 5.32 Å². The van der Waals surface area contributed by atoms with E-state index in [1.54, 1.807) is 19.1 Å². The molecule has 0 aliphatic carbocycles. The number of carbonyl (C=O) groups is 1. The van der Waals surface area contributed by atoms with Crippen LogP contribution in [0, 0.1) is 12.7 Å². The molecule has 0 radical (unpaired) electrons. The molecule has 0 amide bonds. The standard InChI is InChI=1S/C18H15FN2O2/c1-11-15(10-17(22)23)18(14-4-2-3-5-16(14)20-11)21-13-8-6-12(19)7-9-13/h2-9H,10H2,1H3,(H,20,21)(H,22,23). The van der Waals surface area contributed by atoms with Crippen LogP contribution in [-0.2, 0) is 11.2 Å². The van der Waals surface area contributed by atoms with Crippen LogP contribution in [0.3, 0.4) is 0 Å². The van der Waals surface area contributed by atoms with Crippen molar-refractivity contribution >= 4 is 28.2 Å². The van der Waals surface area contributed by atoms with Gasteiger partial charge in [-0.1, -0.05) is 18.2 Å². The Kier molecular flexibility index (Phi) is 3.93. The van der Waals surface area contributed by atoms with Gasteiger partial charge in [0.1, 0.15) is 5.82 Å². The molecule has 0 saturated carbocycles. The van der Waals surface area contributed by atoms with Crippen LogP contribution in [0.1, 0.15) is 11.3 Å². The largest absolute Gasteiger partial charge is 0.481 e. The van der Waals surface area contributed by atoms with Crippen molar-refractivity contribution in [3.05, 3.63) is 65.6 Å². The highest BCUT2D eigenvalue weighted by Crippen LogP contribution is 2.31. The molecule has 2 N–H and O–H groups in total. The summed E-state index contributed by atoms with van der Waals surface area (Å²) in [4.78, 5) is 15.7. The summed E-state index contributed by atoms with van der Waals surface area (Å²) in [5.41, 5.74) is 3.45. The minimum atomic E-state index is -0.924. The Morgan fingerprint density at radius 1 is 1.17 bits per heavy atom. The topological polar surface area (TPSA) is 62.2 Å². The Hall–Kier alpha value is -2.95. The molecule has 116 valence electrons. The SMILES string of the molecule is Cc1nc2ccccc2c(Nc2ccc(F)cc2)c1CC(=O)O. The second-order valence-electron chi connectivity index (χ2n) is 5.27. The van der Waals surface area contributed by atoms with Crippen molar-refractivity contribution in [1.29, 1.82) is 0 Å². The zero-order chi connectivity index (χ0) is 16.4. The summed E-state index contributed by atoms with van der Waals surface area (Å²) in [5.74, 6) is -1.25. The minimum Gasteiger partial charge on any atom is -0.481 e. The number of fused-ring (bicyclic) bond motifs is 1. The van der Waals surface area contributed by atoms with Crippen molar-refractivity contribution < 1.29 is 14.3 Å². The first-order valence-electron chi connectivity index (χ1n) is 7.17. The van der Waals surface area contributed by atoms with Gasteiger partial charge in [-0.25, -0.2) is 4.39 Å². The highest BCUT2D eigenvalue weighted by Gasteiger charge is 2.15. The van der Waals surface area contributed by atoms with Gasteiger partial charge in [0.2, 0.25) is 0 Å². The molecule has 0 spiro atoms. The van der Waals surface area contributed by atoms with Gasteiger partial charge >= 0.3 is 5.97 Å². The number of benzene rings is 2. The van der Waals surface area contributed by atoms with Crippen LogP contribution < -0.4 is 5.32 Å². The quantitative estimate of drug-likeness (QED) is 0.763. The molecule has 4 nitrogen and oxygen atoms in total. The lowest BCUT2D eigenvalue weighted by Crippen LogP contribution is -2.08. The van der Waals surface area contributed by atoms with E-state index in [0.29, 0.717) is 22.6 Å². The highest BCUT2D eigenvalue weighted by molar-refractivity contribution is 5.96. The van der Waals surface area contributed by atoms with Crippen LogP contribution in [-0.4, -0.2) is 16.1 Å². The maximum absolute atomic E-state index is 13.1. The monoisotopic (exact) mass is 310 g/mol. The van der Waals surface area contributed by atoms with E-state index in [0.717, 1.165) is 10.9 Å². The van der Waals surface area contributed by atoms with E-state index in [1.807, 2.05) is 24.3 Å². The van der Waals surface area contributed by atoms with Crippen LogP contribution in [0.25, 0.3) is 10.9 Å². The molecule has 0 atom stereocenters. The molecule has 23 heavy (non-hydrogen) atoms. The van der Waals surface area contributed by atoms with Gasteiger partial charge in [-0.15, -0.1) is 0 Å². The summed E-state index contributed by atoms with van der Waals surface area (Å²) in [6, 6.07) is 13.5. The van der Waals surface area contributed by atoms with Gasteiger partial charge in [0, 0.05) is 22.3 Å². The number of halogens is 1. The molecule has 2 aromatic carbocycles. The summed E-state index contributed by atoms with van der Waals surface area (Å²) in [6.07, 6.45) is -0.132. The van der Waals surface area contributed by atoms with Gasteiger partial charge in [-0.05, 0) is 37.3 Å². The molecular weight excluding hydrogens is 295 g/mol. The van der Waals surface area contributed by atoms with Crippen molar-refractivity contribution in [3.8, 4) is 0 Å². The fraction of sp³-hybridized carbons (Fsp3) is 0.111. The average Bonchev–Trinajstić information content (AvgIpc) is 2.52. The van der Waals surface area contributed by atoms with Gasteiger partial charge in [0.15, 0.2) is 0 Å². The van der Waals surface area contributed by atoms with Crippen LogP contribution in [0.15, 0.2) is 48.5 Å². The lowest BCUT2D eigenvalue weighted by Gasteiger charge is -2.16. The van der Waals surface area contributed by atoms with Crippen molar-refractivity contribution in [2.45, 2.75) is 13.3 Å². The summed E-state index contributed by atoms with van der Waals surface area (Å²) >= 11 is 0. The number of aromatic nitrogens is 1. The summed E-state index contributed by atoms with van der Waals surface area (Å²) < 4.78 is 13.1. The van der Waals surface area contributed by atoms with Crippen molar-refractivity contribution in [1.82, 2.24) is 4.98 Å². The maximum atomic E-state index is 13.1. The normalized spacial score (nSPS) is 10.7. The second-order valence-corrected chi connectivity index (χ2v) is 5.27. The number of hydrogen-bond acceptors (Lipinski definition) is 3. The number of aryl methyl sites for hydroxylation is 1. The van der Waals surface area contributed by atoms with Gasteiger partial charge in [0.25, 0.3) is 0 Å². The number of carboxylic acids is 1. The molecule has 0 bridgehead atoms. The maximum Gasteiger partial charge on any atom is 0.307 e. The van der Waals surface area contributed by atoms with E-state index in [9.17, 15) is 14.3 Å². The van der Waals surface area contributed by atoms with E-state index >= 15 is 0 Å². The zero-order valence-electron chi connectivity index (χ0n) is 12.5. The number of nitrogens with one attached hydrogen (secondary N) is 1. The molecular formula is C18H15FN2O2. The number of para-hydroxylation sites is 1. The molecule has 3 aromatic rings. The molecule has 1 heterocycles. The third-order valence-corrected chi connectivity index (χ3v) is 3.64. The molecule has 1 aromatic heterocycles. The first-order chi connectivity index (χ1) is 11.0. The first kappa shape index (κ1) is 15.0. The van der Waals surface area contributed by atoms with Crippen LogP contribution in [0.2, 0.25) is 0 Å². The minimum absolute atomic E-state index is 0.132. The zero-order valence-corrected chi connectivity index (χ0v) is 12.5. The van der Waals surface area contributed by atoms with E-state index in [-0.39, 0.29) is 12.2 Å².